The molecule has 4 nitrogen and oxygen atoms in total. The van der Waals surface area contributed by atoms with Crippen LogP contribution < -0.4 is 0 Å². The molecule has 76 valence electrons. The summed E-state index contributed by atoms with van der Waals surface area (Å²) >= 11 is 0. The molecule has 0 aromatic heterocycles. The molecule has 4 heteroatoms. The quantitative estimate of drug-likeness (QED) is 0.664. The normalized spacial score (nSPS) is 22.0. The second kappa shape index (κ2) is 5.07. The van der Waals surface area contributed by atoms with Crippen molar-refractivity contribution in [1.82, 2.24) is 4.90 Å². The maximum Gasteiger partial charge on any atom is 0.409 e. The number of hydrogen-bond acceptors (Lipinski definition) is 3. The summed E-state index contributed by atoms with van der Waals surface area (Å²) in [5, 5.41) is 0. The van der Waals surface area contributed by atoms with Crippen molar-refractivity contribution in [2.75, 3.05) is 33.4 Å². The van der Waals surface area contributed by atoms with Gasteiger partial charge in [-0.15, -0.1) is 0 Å². The van der Waals surface area contributed by atoms with Crippen LogP contribution in [-0.2, 0) is 9.47 Å². The lowest BCUT2D eigenvalue weighted by Crippen LogP contribution is -2.29. The molecule has 0 spiro atoms. The topological polar surface area (TPSA) is 38.8 Å². The highest BCUT2D eigenvalue weighted by atomic mass is 16.6. The van der Waals surface area contributed by atoms with Crippen LogP contribution in [0.1, 0.15) is 13.3 Å². The first-order valence-corrected chi connectivity index (χ1v) is 4.68. The molecule has 1 heterocycles. The Kier molecular flexibility index (Phi) is 4.02. The molecule has 0 radical (unpaired) electrons. The third-order valence-corrected chi connectivity index (χ3v) is 2.21. The van der Waals surface area contributed by atoms with E-state index < -0.39 is 0 Å². The lowest BCUT2D eigenvalue weighted by Gasteiger charge is -2.15. The van der Waals surface area contributed by atoms with Gasteiger partial charge in [-0.1, -0.05) is 0 Å². The molecule has 0 aromatic carbocycles. The lowest BCUT2D eigenvalue weighted by molar-refractivity contribution is 0.109. The van der Waals surface area contributed by atoms with Crippen molar-refractivity contribution < 1.29 is 14.3 Å². The van der Waals surface area contributed by atoms with Gasteiger partial charge in [0.1, 0.15) is 0 Å². The Balaban J connectivity index is 2.27. The van der Waals surface area contributed by atoms with E-state index in [1.165, 1.54) is 0 Å². The summed E-state index contributed by atoms with van der Waals surface area (Å²) in [7, 11) is 1.69. The Bertz CT molecular complexity index is 172. The van der Waals surface area contributed by atoms with Crippen molar-refractivity contribution in [3.63, 3.8) is 0 Å². The Morgan fingerprint density at radius 3 is 3.00 bits per heavy atom. The number of amides is 1. The molecule has 0 N–H and O–H groups in total. The first kappa shape index (κ1) is 10.3. The van der Waals surface area contributed by atoms with E-state index in [4.69, 9.17) is 9.47 Å². The molecule has 1 amide bonds. The molecule has 1 aliphatic heterocycles. The first-order valence-electron chi connectivity index (χ1n) is 4.68. The minimum Gasteiger partial charge on any atom is -0.450 e. The largest absolute Gasteiger partial charge is 0.450 e. The van der Waals surface area contributed by atoms with Crippen LogP contribution in [0.15, 0.2) is 0 Å². The van der Waals surface area contributed by atoms with Crippen molar-refractivity contribution in [2.24, 2.45) is 5.92 Å². The summed E-state index contributed by atoms with van der Waals surface area (Å²) in [5.74, 6) is 0.481. The summed E-state index contributed by atoms with van der Waals surface area (Å²) in [6.45, 7) is 4.57. The predicted molar refractivity (Wildman–Crippen MR) is 48.6 cm³/mol. The van der Waals surface area contributed by atoms with Crippen molar-refractivity contribution in [1.29, 1.82) is 0 Å². The second-order valence-electron chi connectivity index (χ2n) is 3.25. The highest BCUT2D eigenvalue weighted by Gasteiger charge is 2.26. The summed E-state index contributed by atoms with van der Waals surface area (Å²) in [6, 6.07) is 0. The number of carbonyl (C=O) groups is 1. The third-order valence-electron chi connectivity index (χ3n) is 2.21. The zero-order chi connectivity index (χ0) is 9.68. The molecule has 1 aliphatic rings. The predicted octanol–water partition coefficient (Wildman–Crippen LogP) is 1.11. The molecule has 0 bridgehead atoms. The van der Waals surface area contributed by atoms with Crippen LogP contribution in [0, 0.1) is 5.92 Å². The van der Waals surface area contributed by atoms with E-state index in [1.54, 1.807) is 12.0 Å². The maximum absolute atomic E-state index is 11.3. The van der Waals surface area contributed by atoms with Crippen LogP contribution in [-0.4, -0.2) is 44.4 Å². The Labute approximate surface area is 78.8 Å². The fourth-order valence-electron chi connectivity index (χ4n) is 1.58. The van der Waals surface area contributed by atoms with E-state index in [9.17, 15) is 4.79 Å². The minimum atomic E-state index is -0.193. The third kappa shape index (κ3) is 2.88. The summed E-state index contributed by atoms with van der Waals surface area (Å²) in [5.41, 5.74) is 0. The van der Waals surface area contributed by atoms with E-state index in [0.717, 1.165) is 26.1 Å². The van der Waals surface area contributed by atoms with Crippen LogP contribution in [0.3, 0.4) is 0 Å². The number of ether oxygens (including phenoxy) is 2. The van der Waals surface area contributed by atoms with Crippen LogP contribution in [0.2, 0.25) is 0 Å². The summed E-state index contributed by atoms with van der Waals surface area (Å²) < 4.78 is 9.93. The van der Waals surface area contributed by atoms with E-state index in [-0.39, 0.29) is 6.09 Å². The molecular formula is C9H17NO3. The van der Waals surface area contributed by atoms with Crippen molar-refractivity contribution in [3.05, 3.63) is 0 Å². The van der Waals surface area contributed by atoms with Crippen molar-refractivity contribution >= 4 is 6.09 Å². The Morgan fingerprint density at radius 2 is 2.38 bits per heavy atom. The van der Waals surface area contributed by atoms with Gasteiger partial charge in [-0.25, -0.2) is 4.79 Å². The fourth-order valence-corrected chi connectivity index (χ4v) is 1.58. The molecule has 13 heavy (non-hydrogen) atoms. The van der Waals surface area contributed by atoms with E-state index in [1.807, 2.05) is 6.92 Å². The number of nitrogens with zero attached hydrogens (tertiary/aromatic N) is 1. The molecule has 1 rings (SSSR count). The molecule has 1 unspecified atom stereocenters. The van der Waals surface area contributed by atoms with Crippen LogP contribution in [0.5, 0.6) is 0 Å². The highest BCUT2D eigenvalue weighted by Crippen LogP contribution is 2.16. The van der Waals surface area contributed by atoms with Gasteiger partial charge in [-0.2, -0.15) is 0 Å². The zero-order valence-electron chi connectivity index (χ0n) is 8.28. The molecule has 1 saturated heterocycles. The van der Waals surface area contributed by atoms with E-state index in [0.29, 0.717) is 12.5 Å². The van der Waals surface area contributed by atoms with Crippen molar-refractivity contribution in [2.45, 2.75) is 13.3 Å². The van der Waals surface area contributed by atoms with Gasteiger partial charge in [-0.05, 0) is 13.3 Å². The fraction of sp³-hybridized carbons (Fsp3) is 0.889. The van der Waals surface area contributed by atoms with Crippen LogP contribution >= 0.6 is 0 Å². The van der Waals surface area contributed by atoms with E-state index in [2.05, 4.69) is 0 Å². The van der Waals surface area contributed by atoms with Gasteiger partial charge in [0, 0.05) is 26.1 Å². The molecule has 1 fully saturated rings. The average Bonchev–Trinajstić information content (AvgIpc) is 2.54. The molecule has 0 saturated carbocycles. The second-order valence-corrected chi connectivity index (χ2v) is 3.25. The average molecular weight is 187 g/mol. The number of likely N-dealkylation sites (tertiary alicyclic amines) is 1. The lowest BCUT2D eigenvalue weighted by atomic mass is 10.1. The maximum atomic E-state index is 11.3. The standard InChI is InChI=1S/C9H17NO3/c1-3-13-9(11)10-5-4-8(6-10)7-12-2/h8H,3-7H2,1-2H3. The number of methoxy groups -OCH3 is 1. The molecule has 0 aliphatic carbocycles. The van der Waals surface area contributed by atoms with Gasteiger partial charge in [0.05, 0.1) is 13.2 Å². The summed E-state index contributed by atoms with van der Waals surface area (Å²) in [6.07, 6.45) is 0.827. The van der Waals surface area contributed by atoms with Gasteiger partial charge in [-0.3, -0.25) is 0 Å². The van der Waals surface area contributed by atoms with Gasteiger partial charge in [0.2, 0.25) is 0 Å². The highest BCUT2D eigenvalue weighted by molar-refractivity contribution is 5.67. The SMILES string of the molecule is CCOC(=O)N1CCC(COC)C1. The van der Waals surface area contributed by atoms with Crippen LogP contribution in [0.25, 0.3) is 0 Å². The van der Waals surface area contributed by atoms with Crippen molar-refractivity contribution in [3.8, 4) is 0 Å². The minimum absolute atomic E-state index is 0.193. The Hall–Kier alpha value is -0.770. The van der Waals surface area contributed by atoms with Crippen LogP contribution in [0.4, 0.5) is 4.79 Å². The molecular weight excluding hydrogens is 170 g/mol. The number of carbonyl (C=O) groups excluding carboxylic acids is 1. The molecule has 1 atom stereocenters. The monoisotopic (exact) mass is 187 g/mol. The van der Waals surface area contributed by atoms with Gasteiger partial charge in [0.25, 0.3) is 0 Å². The number of rotatable bonds is 3. The Morgan fingerprint density at radius 1 is 1.62 bits per heavy atom. The molecule has 0 aromatic rings. The van der Waals surface area contributed by atoms with Gasteiger partial charge < -0.3 is 14.4 Å². The smallest absolute Gasteiger partial charge is 0.409 e. The summed E-state index contributed by atoms with van der Waals surface area (Å²) in [4.78, 5) is 13.0. The zero-order valence-corrected chi connectivity index (χ0v) is 8.28. The van der Waals surface area contributed by atoms with Gasteiger partial charge in [0.15, 0.2) is 0 Å². The first-order chi connectivity index (χ1) is 6.27. The van der Waals surface area contributed by atoms with Gasteiger partial charge >= 0.3 is 6.09 Å². The number of hydrogen-bond donors (Lipinski definition) is 0. The van der Waals surface area contributed by atoms with E-state index >= 15 is 0 Å².